The van der Waals surface area contributed by atoms with E-state index in [1.165, 1.54) is 12.1 Å². The van der Waals surface area contributed by atoms with Crippen LogP contribution in [0.25, 0.3) is 0 Å². The maximum atomic E-state index is 14.1. The minimum absolute atomic E-state index is 0.120. The van der Waals surface area contributed by atoms with Crippen molar-refractivity contribution in [3.05, 3.63) is 71.5 Å². The fourth-order valence-corrected chi connectivity index (χ4v) is 6.06. The smallest absolute Gasteiger partial charge is 0.233 e. The molecule has 2 heterocycles. The van der Waals surface area contributed by atoms with Crippen molar-refractivity contribution in [2.75, 3.05) is 19.8 Å². The number of halogens is 1. The second-order valence-corrected chi connectivity index (χ2v) is 8.89. The quantitative estimate of drug-likeness (QED) is 0.759. The van der Waals surface area contributed by atoms with E-state index in [0.29, 0.717) is 39.1 Å². The van der Waals surface area contributed by atoms with Gasteiger partial charge in [-0.15, -0.1) is 0 Å². The van der Waals surface area contributed by atoms with Gasteiger partial charge < -0.3 is 14.4 Å². The van der Waals surface area contributed by atoms with Gasteiger partial charge in [0.15, 0.2) is 5.79 Å². The lowest BCUT2D eigenvalue weighted by Gasteiger charge is -2.56. The normalized spacial score (nSPS) is 30.5. The molecule has 0 aromatic heterocycles. The van der Waals surface area contributed by atoms with E-state index in [2.05, 4.69) is 19.1 Å². The van der Waals surface area contributed by atoms with E-state index in [1.807, 2.05) is 29.2 Å². The second-order valence-electron chi connectivity index (χ2n) is 8.89. The number of carbonyl (C=O) groups is 1. The summed E-state index contributed by atoms with van der Waals surface area (Å²) in [4.78, 5) is 16.0. The molecule has 1 amide bonds. The summed E-state index contributed by atoms with van der Waals surface area (Å²) in [5, 5.41) is 0. The number of fused-ring (bicyclic) bond motifs is 1. The lowest BCUT2D eigenvalue weighted by Crippen LogP contribution is -2.64. The summed E-state index contributed by atoms with van der Waals surface area (Å²) in [6.07, 6.45) is 2.29. The molecule has 4 nitrogen and oxygen atoms in total. The van der Waals surface area contributed by atoms with Crippen molar-refractivity contribution < 1.29 is 18.7 Å². The van der Waals surface area contributed by atoms with Crippen LogP contribution in [0.1, 0.15) is 37.3 Å². The molecule has 2 aromatic rings. The van der Waals surface area contributed by atoms with E-state index >= 15 is 0 Å². The predicted octanol–water partition coefficient (Wildman–Crippen LogP) is 4.29. The SMILES string of the molecule is C[C@H]1[C@@H]2CCN(Cc3cccc(F)c3)C(=O)[C@@]2(c2ccccc2)CCC12OCCO2. The molecule has 0 N–H and O–H groups in total. The molecule has 5 heteroatoms. The Bertz CT molecular complexity index is 927. The van der Waals surface area contributed by atoms with Crippen LogP contribution in [-0.4, -0.2) is 36.4 Å². The van der Waals surface area contributed by atoms with Crippen molar-refractivity contribution in [1.29, 1.82) is 0 Å². The summed E-state index contributed by atoms with van der Waals surface area (Å²) in [6, 6.07) is 16.7. The van der Waals surface area contributed by atoms with Crippen molar-refractivity contribution in [1.82, 2.24) is 4.90 Å². The van der Waals surface area contributed by atoms with Crippen LogP contribution in [0.5, 0.6) is 0 Å². The fourth-order valence-electron chi connectivity index (χ4n) is 6.06. The minimum atomic E-state index is -0.590. The number of likely N-dealkylation sites (tertiary alicyclic amines) is 1. The summed E-state index contributed by atoms with van der Waals surface area (Å²) in [6.45, 7) is 4.52. The highest BCUT2D eigenvalue weighted by atomic mass is 19.1. The molecule has 30 heavy (non-hydrogen) atoms. The lowest BCUT2D eigenvalue weighted by molar-refractivity contribution is -0.238. The van der Waals surface area contributed by atoms with E-state index in [9.17, 15) is 9.18 Å². The molecule has 1 aliphatic carbocycles. The summed E-state index contributed by atoms with van der Waals surface area (Å²) in [7, 11) is 0. The Morgan fingerprint density at radius 3 is 2.57 bits per heavy atom. The van der Waals surface area contributed by atoms with Gasteiger partial charge >= 0.3 is 0 Å². The Kier molecular flexibility index (Phi) is 4.91. The van der Waals surface area contributed by atoms with Crippen LogP contribution >= 0.6 is 0 Å². The third-order valence-corrected chi connectivity index (χ3v) is 7.50. The van der Waals surface area contributed by atoms with Crippen LogP contribution in [0.4, 0.5) is 4.39 Å². The van der Waals surface area contributed by atoms with E-state index < -0.39 is 11.2 Å². The summed E-state index contributed by atoms with van der Waals surface area (Å²) in [5.74, 6) is -0.420. The van der Waals surface area contributed by atoms with Gasteiger partial charge in [-0.05, 0) is 42.0 Å². The number of carbonyl (C=O) groups excluding carboxylic acids is 1. The van der Waals surface area contributed by atoms with Gasteiger partial charge in [0.2, 0.25) is 5.91 Å². The van der Waals surface area contributed by atoms with E-state index in [-0.39, 0.29) is 23.6 Å². The van der Waals surface area contributed by atoms with Gasteiger partial charge in [-0.1, -0.05) is 49.4 Å². The molecule has 0 radical (unpaired) electrons. The molecule has 3 aliphatic rings. The number of amides is 1. The van der Waals surface area contributed by atoms with Crippen LogP contribution < -0.4 is 0 Å². The summed E-state index contributed by atoms with van der Waals surface area (Å²) >= 11 is 0. The Balaban J connectivity index is 1.52. The van der Waals surface area contributed by atoms with Crippen LogP contribution in [0.15, 0.2) is 54.6 Å². The molecule has 2 aromatic carbocycles. The summed E-state index contributed by atoms with van der Waals surface area (Å²) in [5.41, 5.74) is 1.31. The van der Waals surface area contributed by atoms with Gasteiger partial charge in [-0.25, -0.2) is 4.39 Å². The molecular formula is C25H28FNO3. The molecule has 5 rings (SSSR count). The van der Waals surface area contributed by atoms with Gasteiger partial charge in [0.1, 0.15) is 5.82 Å². The highest BCUT2D eigenvalue weighted by Gasteiger charge is 2.62. The van der Waals surface area contributed by atoms with E-state index in [0.717, 1.165) is 17.5 Å². The Morgan fingerprint density at radius 2 is 1.83 bits per heavy atom. The van der Waals surface area contributed by atoms with E-state index in [1.54, 1.807) is 6.07 Å². The first-order valence-electron chi connectivity index (χ1n) is 10.9. The van der Waals surface area contributed by atoms with Crippen LogP contribution in [0, 0.1) is 17.7 Å². The molecule has 158 valence electrons. The number of hydrogen-bond acceptors (Lipinski definition) is 3. The Morgan fingerprint density at radius 1 is 1.07 bits per heavy atom. The number of hydrogen-bond donors (Lipinski definition) is 0. The third-order valence-electron chi connectivity index (χ3n) is 7.50. The van der Waals surface area contributed by atoms with E-state index in [4.69, 9.17) is 9.47 Å². The van der Waals surface area contributed by atoms with Gasteiger partial charge in [0.25, 0.3) is 0 Å². The number of ether oxygens (including phenoxy) is 2. The number of nitrogens with zero attached hydrogens (tertiary/aromatic N) is 1. The first-order chi connectivity index (χ1) is 14.6. The molecule has 3 atom stereocenters. The van der Waals surface area contributed by atoms with Crippen LogP contribution in [0.3, 0.4) is 0 Å². The van der Waals surface area contributed by atoms with Crippen molar-refractivity contribution >= 4 is 5.91 Å². The standard InChI is InChI=1S/C25H28FNO3/c1-18-22-10-13-27(17-19-6-5-9-21(26)16-19)23(28)24(22,20-7-3-2-4-8-20)11-12-25(18)29-14-15-30-25/h2-9,16,18,22H,10-15,17H2,1H3/t18-,22-,24+/m0/s1. The first kappa shape index (κ1) is 19.7. The monoisotopic (exact) mass is 409 g/mol. The van der Waals surface area contributed by atoms with Crippen molar-refractivity contribution in [3.8, 4) is 0 Å². The lowest BCUT2D eigenvalue weighted by atomic mass is 9.54. The number of piperidine rings is 1. The van der Waals surface area contributed by atoms with Gasteiger partial charge in [0, 0.05) is 25.4 Å². The maximum absolute atomic E-state index is 14.1. The Labute approximate surface area is 177 Å². The third kappa shape index (κ3) is 2.98. The average molecular weight is 410 g/mol. The minimum Gasteiger partial charge on any atom is -0.347 e. The molecule has 1 spiro atoms. The molecule has 3 fully saturated rings. The number of rotatable bonds is 3. The van der Waals surface area contributed by atoms with Gasteiger partial charge in [-0.3, -0.25) is 4.79 Å². The largest absolute Gasteiger partial charge is 0.347 e. The van der Waals surface area contributed by atoms with Crippen LogP contribution in [0.2, 0.25) is 0 Å². The average Bonchev–Trinajstić information content (AvgIpc) is 3.24. The second kappa shape index (κ2) is 7.47. The molecule has 0 bridgehead atoms. The van der Waals surface area contributed by atoms with Gasteiger partial charge in [-0.2, -0.15) is 0 Å². The topological polar surface area (TPSA) is 38.8 Å². The maximum Gasteiger partial charge on any atom is 0.233 e. The van der Waals surface area contributed by atoms with Crippen molar-refractivity contribution in [2.45, 2.75) is 43.9 Å². The van der Waals surface area contributed by atoms with Crippen LogP contribution in [-0.2, 0) is 26.2 Å². The molecule has 1 saturated carbocycles. The number of benzene rings is 2. The molecule has 2 aliphatic heterocycles. The highest BCUT2D eigenvalue weighted by molar-refractivity contribution is 5.90. The molecule has 0 unspecified atom stereocenters. The van der Waals surface area contributed by atoms with Crippen molar-refractivity contribution in [2.24, 2.45) is 11.8 Å². The zero-order valence-corrected chi connectivity index (χ0v) is 17.4. The predicted molar refractivity (Wildman–Crippen MR) is 111 cm³/mol. The Hall–Kier alpha value is -2.24. The fraction of sp³-hybridized carbons (Fsp3) is 0.480. The zero-order valence-electron chi connectivity index (χ0n) is 17.4. The van der Waals surface area contributed by atoms with Crippen molar-refractivity contribution in [3.63, 3.8) is 0 Å². The molecular weight excluding hydrogens is 381 g/mol. The zero-order chi connectivity index (χ0) is 20.8. The summed E-state index contributed by atoms with van der Waals surface area (Å²) < 4.78 is 25.9. The molecule has 2 saturated heterocycles. The first-order valence-corrected chi connectivity index (χ1v) is 10.9. The van der Waals surface area contributed by atoms with Gasteiger partial charge in [0.05, 0.1) is 18.6 Å². The highest BCUT2D eigenvalue weighted by Crippen LogP contribution is 2.56.